The van der Waals surface area contributed by atoms with Gasteiger partial charge < -0.3 is 5.73 Å². The molecule has 0 aliphatic carbocycles. The summed E-state index contributed by atoms with van der Waals surface area (Å²) in [5, 5.41) is 0. The minimum absolute atomic E-state index is 0.204. The van der Waals surface area contributed by atoms with Crippen molar-refractivity contribution < 1.29 is 12.8 Å². The molecule has 0 heterocycles. The first-order chi connectivity index (χ1) is 9.84. The van der Waals surface area contributed by atoms with Gasteiger partial charge in [0.1, 0.15) is 10.7 Å². The number of nitrogen functional groups attached to an aromatic ring is 1. The summed E-state index contributed by atoms with van der Waals surface area (Å²) < 4.78 is 40.1. The zero-order valence-electron chi connectivity index (χ0n) is 11.8. The molecule has 6 heteroatoms. The molecule has 0 radical (unpaired) electrons. The van der Waals surface area contributed by atoms with Gasteiger partial charge in [-0.2, -0.15) is 4.31 Å². The number of anilines is 1. The summed E-state index contributed by atoms with van der Waals surface area (Å²) in [5.41, 5.74) is 6.59. The van der Waals surface area contributed by atoms with E-state index in [2.05, 4.69) is 0 Å². The third-order valence-electron chi connectivity index (χ3n) is 3.44. The number of nitrogens with two attached hydrogens (primary N) is 1. The molecule has 0 spiro atoms. The summed E-state index contributed by atoms with van der Waals surface area (Å²) in [5.74, 6) is -0.809. The maximum atomic E-state index is 13.8. The van der Waals surface area contributed by atoms with Crippen molar-refractivity contribution in [1.82, 2.24) is 4.31 Å². The van der Waals surface area contributed by atoms with Crippen molar-refractivity contribution >= 4 is 15.7 Å². The molecule has 4 nitrogen and oxygen atoms in total. The largest absolute Gasteiger partial charge is 0.399 e. The zero-order chi connectivity index (χ0) is 15.6. The third kappa shape index (κ3) is 3.06. The molecule has 0 aliphatic heterocycles. The van der Waals surface area contributed by atoms with E-state index in [1.807, 2.05) is 30.3 Å². The molecular weight excluding hydrogens is 291 g/mol. The van der Waals surface area contributed by atoms with Crippen LogP contribution in [-0.4, -0.2) is 19.8 Å². The Morgan fingerprint density at radius 3 is 2.38 bits per heavy atom. The van der Waals surface area contributed by atoms with Gasteiger partial charge in [0.15, 0.2) is 0 Å². The Bertz CT molecular complexity index is 733. The third-order valence-corrected chi connectivity index (χ3v) is 5.38. The number of hydrogen-bond donors (Lipinski definition) is 1. The predicted molar refractivity (Wildman–Crippen MR) is 80.6 cm³/mol. The lowest BCUT2D eigenvalue weighted by Gasteiger charge is -2.25. The quantitative estimate of drug-likeness (QED) is 0.883. The van der Waals surface area contributed by atoms with E-state index in [9.17, 15) is 12.8 Å². The number of nitrogens with zero attached hydrogens (tertiary/aromatic N) is 1. The van der Waals surface area contributed by atoms with Crippen LogP contribution < -0.4 is 5.73 Å². The SMILES string of the molecule is CC(c1ccccc1)N(C)S(=O)(=O)c1cc(N)ccc1F. The topological polar surface area (TPSA) is 63.4 Å². The minimum Gasteiger partial charge on any atom is -0.399 e. The molecule has 1 unspecified atom stereocenters. The lowest BCUT2D eigenvalue weighted by molar-refractivity contribution is 0.395. The summed E-state index contributed by atoms with van der Waals surface area (Å²) >= 11 is 0. The van der Waals surface area contributed by atoms with Crippen molar-refractivity contribution in [2.45, 2.75) is 17.9 Å². The fourth-order valence-corrected chi connectivity index (χ4v) is 3.47. The van der Waals surface area contributed by atoms with Gasteiger partial charge in [-0.1, -0.05) is 30.3 Å². The maximum absolute atomic E-state index is 13.8. The zero-order valence-corrected chi connectivity index (χ0v) is 12.6. The molecule has 2 aromatic rings. The van der Waals surface area contributed by atoms with Crippen LogP contribution in [0.3, 0.4) is 0 Å². The van der Waals surface area contributed by atoms with E-state index in [0.29, 0.717) is 0 Å². The van der Waals surface area contributed by atoms with Gasteiger partial charge in [0.25, 0.3) is 0 Å². The molecular formula is C15H17FN2O2S. The Kier molecular flexibility index (Phi) is 4.29. The van der Waals surface area contributed by atoms with Crippen LogP contribution in [-0.2, 0) is 10.0 Å². The van der Waals surface area contributed by atoms with Crippen molar-refractivity contribution in [3.05, 3.63) is 59.9 Å². The standard InChI is InChI=1S/C15H17FN2O2S/c1-11(12-6-4-3-5-7-12)18(2)21(19,20)15-10-13(17)8-9-14(15)16/h3-11H,17H2,1-2H3. The fourth-order valence-electron chi connectivity index (χ4n) is 2.02. The van der Waals surface area contributed by atoms with Gasteiger partial charge in [0, 0.05) is 18.8 Å². The monoisotopic (exact) mass is 308 g/mol. The van der Waals surface area contributed by atoms with Crippen molar-refractivity contribution in [1.29, 1.82) is 0 Å². The summed E-state index contributed by atoms with van der Waals surface area (Å²) in [6.45, 7) is 1.75. The number of rotatable bonds is 4. The maximum Gasteiger partial charge on any atom is 0.246 e. The number of hydrogen-bond acceptors (Lipinski definition) is 3. The first-order valence-corrected chi connectivity index (χ1v) is 7.86. The molecule has 0 saturated carbocycles. The van der Waals surface area contributed by atoms with E-state index in [4.69, 9.17) is 5.73 Å². The van der Waals surface area contributed by atoms with Gasteiger partial charge in [-0.25, -0.2) is 12.8 Å². The van der Waals surface area contributed by atoms with Crippen LogP contribution in [0.2, 0.25) is 0 Å². The van der Waals surface area contributed by atoms with Crippen LogP contribution in [0.25, 0.3) is 0 Å². The van der Waals surface area contributed by atoms with Crippen molar-refractivity contribution in [3.8, 4) is 0 Å². The molecule has 2 rings (SSSR count). The summed E-state index contributed by atoms with van der Waals surface area (Å²) in [6, 6.07) is 12.3. The molecule has 2 N–H and O–H groups in total. The van der Waals surface area contributed by atoms with Gasteiger partial charge in [-0.15, -0.1) is 0 Å². The Hall–Kier alpha value is -1.92. The van der Waals surface area contributed by atoms with Crippen LogP contribution >= 0.6 is 0 Å². The Labute approximate surface area is 124 Å². The molecule has 0 aromatic heterocycles. The first-order valence-electron chi connectivity index (χ1n) is 6.42. The highest BCUT2D eigenvalue weighted by Crippen LogP contribution is 2.27. The summed E-state index contributed by atoms with van der Waals surface area (Å²) in [6.07, 6.45) is 0. The summed E-state index contributed by atoms with van der Waals surface area (Å²) in [4.78, 5) is -0.409. The first kappa shape index (κ1) is 15.5. The Balaban J connectivity index is 2.41. The second-order valence-corrected chi connectivity index (χ2v) is 6.76. The average molecular weight is 308 g/mol. The Morgan fingerprint density at radius 1 is 1.14 bits per heavy atom. The second kappa shape index (κ2) is 5.83. The lowest BCUT2D eigenvalue weighted by Crippen LogP contribution is -2.30. The van der Waals surface area contributed by atoms with E-state index in [1.165, 1.54) is 13.1 Å². The molecule has 112 valence electrons. The molecule has 0 fully saturated rings. The minimum atomic E-state index is -3.96. The van der Waals surface area contributed by atoms with Gasteiger partial charge >= 0.3 is 0 Å². The smallest absolute Gasteiger partial charge is 0.246 e. The van der Waals surface area contributed by atoms with Crippen molar-refractivity contribution in [2.24, 2.45) is 0 Å². The number of halogens is 1. The van der Waals surface area contributed by atoms with Gasteiger partial charge in [0.2, 0.25) is 10.0 Å². The molecule has 0 bridgehead atoms. The van der Waals surface area contributed by atoms with E-state index in [-0.39, 0.29) is 5.69 Å². The predicted octanol–water partition coefficient (Wildman–Crippen LogP) is 2.79. The van der Waals surface area contributed by atoms with Crippen LogP contribution in [0, 0.1) is 5.82 Å². The van der Waals surface area contributed by atoms with E-state index < -0.39 is 26.8 Å². The fraction of sp³-hybridized carbons (Fsp3) is 0.200. The number of benzene rings is 2. The van der Waals surface area contributed by atoms with Crippen molar-refractivity contribution in [3.63, 3.8) is 0 Å². The molecule has 0 aliphatic rings. The van der Waals surface area contributed by atoms with Crippen LogP contribution in [0.15, 0.2) is 53.4 Å². The lowest BCUT2D eigenvalue weighted by atomic mass is 10.1. The normalized spacial score (nSPS) is 13.3. The highest BCUT2D eigenvalue weighted by atomic mass is 32.2. The Morgan fingerprint density at radius 2 is 1.76 bits per heavy atom. The van der Waals surface area contributed by atoms with Crippen molar-refractivity contribution in [2.75, 3.05) is 12.8 Å². The van der Waals surface area contributed by atoms with Gasteiger partial charge in [0.05, 0.1) is 0 Å². The number of sulfonamides is 1. The van der Waals surface area contributed by atoms with Gasteiger partial charge in [-0.3, -0.25) is 0 Å². The van der Waals surface area contributed by atoms with Gasteiger partial charge in [-0.05, 0) is 30.7 Å². The molecule has 2 aromatic carbocycles. The molecule has 0 amide bonds. The average Bonchev–Trinajstić information content (AvgIpc) is 2.49. The highest BCUT2D eigenvalue weighted by Gasteiger charge is 2.29. The highest BCUT2D eigenvalue weighted by molar-refractivity contribution is 7.89. The van der Waals surface area contributed by atoms with Crippen LogP contribution in [0.1, 0.15) is 18.5 Å². The van der Waals surface area contributed by atoms with Crippen LogP contribution in [0.4, 0.5) is 10.1 Å². The summed E-state index contributed by atoms with van der Waals surface area (Å²) in [7, 11) is -2.53. The van der Waals surface area contributed by atoms with Crippen LogP contribution in [0.5, 0.6) is 0 Å². The van der Waals surface area contributed by atoms with E-state index >= 15 is 0 Å². The van der Waals surface area contributed by atoms with E-state index in [0.717, 1.165) is 22.0 Å². The molecule has 1 atom stereocenters. The van der Waals surface area contributed by atoms with E-state index in [1.54, 1.807) is 6.92 Å². The molecule has 0 saturated heterocycles. The molecule has 21 heavy (non-hydrogen) atoms. The second-order valence-electron chi connectivity index (χ2n) is 4.80.